The largest absolute Gasteiger partial charge is 0.465 e. The Hall–Kier alpha value is -2.33. The second-order valence-electron chi connectivity index (χ2n) is 4.63. The first-order valence-corrected chi connectivity index (χ1v) is 6.72. The van der Waals surface area contributed by atoms with Crippen molar-refractivity contribution in [1.29, 1.82) is 0 Å². The maximum atomic E-state index is 11.5. The molecular formula is C17H19NO3. The summed E-state index contributed by atoms with van der Waals surface area (Å²) in [4.78, 5) is 11.5. The van der Waals surface area contributed by atoms with Crippen LogP contribution in [-0.2, 0) is 22.6 Å². The third-order valence-electron chi connectivity index (χ3n) is 3.18. The molecule has 0 radical (unpaired) electrons. The van der Waals surface area contributed by atoms with Gasteiger partial charge in [-0.1, -0.05) is 30.3 Å². The van der Waals surface area contributed by atoms with Gasteiger partial charge in [0, 0.05) is 19.3 Å². The van der Waals surface area contributed by atoms with E-state index in [0.29, 0.717) is 18.7 Å². The number of hydrogen-bond acceptors (Lipinski definition) is 4. The number of anilines is 1. The highest BCUT2D eigenvalue weighted by molar-refractivity contribution is 5.90. The van der Waals surface area contributed by atoms with Crippen molar-refractivity contribution in [3.05, 3.63) is 65.2 Å². The number of nitrogens with one attached hydrogen (secondary N) is 1. The molecule has 0 amide bonds. The van der Waals surface area contributed by atoms with E-state index in [-0.39, 0.29) is 5.97 Å². The zero-order chi connectivity index (χ0) is 15.1. The average molecular weight is 285 g/mol. The number of esters is 1. The lowest BCUT2D eigenvalue weighted by molar-refractivity contribution is 0.0601. The van der Waals surface area contributed by atoms with E-state index in [2.05, 4.69) is 11.4 Å². The van der Waals surface area contributed by atoms with Gasteiger partial charge in [-0.25, -0.2) is 4.79 Å². The predicted molar refractivity (Wildman–Crippen MR) is 82.3 cm³/mol. The third-order valence-corrected chi connectivity index (χ3v) is 3.18. The van der Waals surface area contributed by atoms with Gasteiger partial charge in [-0.15, -0.1) is 0 Å². The van der Waals surface area contributed by atoms with Gasteiger partial charge in [-0.05, 0) is 29.3 Å². The summed E-state index contributed by atoms with van der Waals surface area (Å²) >= 11 is 0. The molecule has 2 rings (SSSR count). The highest BCUT2D eigenvalue weighted by Crippen LogP contribution is 2.15. The Balaban J connectivity index is 2.08. The Morgan fingerprint density at radius 3 is 2.52 bits per heavy atom. The van der Waals surface area contributed by atoms with E-state index in [9.17, 15) is 4.79 Å². The van der Waals surface area contributed by atoms with Gasteiger partial charge in [0.05, 0.1) is 19.3 Å². The summed E-state index contributed by atoms with van der Waals surface area (Å²) in [6.45, 7) is 1.25. The molecule has 0 bridgehead atoms. The smallest absolute Gasteiger partial charge is 0.337 e. The first kappa shape index (κ1) is 15.1. The molecule has 0 unspecified atom stereocenters. The summed E-state index contributed by atoms with van der Waals surface area (Å²) in [6.07, 6.45) is 0. The summed E-state index contributed by atoms with van der Waals surface area (Å²) in [5.41, 5.74) is 3.73. The van der Waals surface area contributed by atoms with E-state index < -0.39 is 0 Å². The summed E-state index contributed by atoms with van der Waals surface area (Å²) < 4.78 is 9.92. The van der Waals surface area contributed by atoms with E-state index in [1.54, 1.807) is 19.2 Å². The van der Waals surface area contributed by atoms with Gasteiger partial charge in [0.1, 0.15) is 0 Å². The molecule has 0 saturated heterocycles. The molecule has 0 fully saturated rings. The molecule has 0 aromatic heterocycles. The average Bonchev–Trinajstić information content (AvgIpc) is 2.54. The van der Waals surface area contributed by atoms with Gasteiger partial charge >= 0.3 is 5.97 Å². The maximum absolute atomic E-state index is 11.5. The van der Waals surface area contributed by atoms with Crippen molar-refractivity contribution in [3.63, 3.8) is 0 Å². The minimum Gasteiger partial charge on any atom is -0.465 e. The molecule has 2 aromatic rings. The number of rotatable bonds is 6. The molecule has 1 N–H and O–H groups in total. The van der Waals surface area contributed by atoms with Crippen LogP contribution in [0.5, 0.6) is 0 Å². The second kappa shape index (κ2) is 7.45. The van der Waals surface area contributed by atoms with Crippen molar-refractivity contribution in [2.45, 2.75) is 13.2 Å². The number of hydrogen-bond donors (Lipinski definition) is 1. The van der Waals surface area contributed by atoms with E-state index in [1.807, 2.05) is 30.3 Å². The van der Waals surface area contributed by atoms with Crippen LogP contribution in [0.15, 0.2) is 48.5 Å². The van der Waals surface area contributed by atoms with Crippen molar-refractivity contribution in [2.24, 2.45) is 0 Å². The fraction of sp³-hybridized carbons (Fsp3) is 0.235. The molecule has 0 aliphatic rings. The van der Waals surface area contributed by atoms with E-state index in [0.717, 1.165) is 11.3 Å². The molecule has 0 atom stereocenters. The Kier molecular flexibility index (Phi) is 5.35. The fourth-order valence-electron chi connectivity index (χ4n) is 2.10. The number of carbonyl (C=O) groups is 1. The highest BCUT2D eigenvalue weighted by Gasteiger charge is 2.06. The number of benzene rings is 2. The Labute approximate surface area is 124 Å². The van der Waals surface area contributed by atoms with E-state index in [4.69, 9.17) is 9.47 Å². The molecule has 0 aliphatic carbocycles. The third kappa shape index (κ3) is 4.07. The van der Waals surface area contributed by atoms with Crippen LogP contribution in [-0.4, -0.2) is 20.2 Å². The summed E-state index contributed by atoms with van der Waals surface area (Å²) in [6, 6.07) is 15.4. The summed E-state index contributed by atoms with van der Waals surface area (Å²) in [5.74, 6) is -0.335. The van der Waals surface area contributed by atoms with Crippen LogP contribution in [0.1, 0.15) is 21.5 Å². The van der Waals surface area contributed by atoms with Crippen molar-refractivity contribution >= 4 is 11.7 Å². The minimum absolute atomic E-state index is 0.335. The molecule has 21 heavy (non-hydrogen) atoms. The second-order valence-corrected chi connectivity index (χ2v) is 4.63. The van der Waals surface area contributed by atoms with Crippen LogP contribution in [0.25, 0.3) is 0 Å². The topological polar surface area (TPSA) is 47.6 Å². The lowest BCUT2D eigenvalue weighted by Gasteiger charge is -2.11. The summed E-state index contributed by atoms with van der Waals surface area (Å²) in [5, 5.41) is 3.32. The first-order valence-electron chi connectivity index (χ1n) is 6.72. The lowest BCUT2D eigenvalue weighted by Crippen LogP contribution is -2.05. The zero-order valence-corrected chi connectivity index (χ0v) is 12.3. The maximum Gasteiger partial charge on any atom is 0.337 e. The highest BCUT2D eigenvalue weighted by atomic mass is 16.5. The van der Waals surface area contributed by atoms with Crippen LogP contribution in [0, 0.1) is 0 Å². The lowest BCUT2D eigenvalue weighted by atomic mass is 10.1. The standard InChI is InChI=1S/C17H19NO3/c1-20-12-15-7-4-3-6-14(15)11-18-16-9-5-8-13(10-16)17(19)21-2/h3-10,18H,11-12H2,1-2H3. The normalized spacial score (nSPS) is 10.2. The fourth-order valence-corrected chi connectivity index (χ4v) is 2.10. The van der Waals surface area contributed by atoms with Crippen LogP contribution in [0.2, 0.25) is 0 Å². The van der Waals surface area contributed by atoms with Gasteiger partial charge in [0.25, 0.3) is 0 Å². The molecule has 2 aromatic carbocycles. The molecule has 0 heterocycles. The molecular weight excluding hydrogens is 266 g/mol. The van der Waals surface area contributed by atoms with E-state index >= 15 is 0 Å². The van der Waals surface area contributed by atoms with Crippen molar-refractivity contribution in [2.75, 3.05) is 19.5 Å². The summed E-state index contributed by atoms with van der Waals surface area (Å²) in [7, 11) is 3.06. The van der Waals surface area contributed by atoms with Gasteiger partial charge in [-0.3, -0.25) is 0 Å². The predicted octanol–water partition coefficient (Wildman–Crippen LogP) is 3.23. The van der Waals surface area contributed by atoms with Crippen LogP contribution < -0.4 is 5.32 Å². The van der Waals surface area contributed by atoms with Gasteiger partial charge in [0.15, 0.2) is 0 Å². The monoisotopic (exact) mass is 285 g/mol. The van der Waals surface area contributed by atoms with Gasteiger partial charge in [0.2, 0.25) is 0 Å². The molecule has 4 heteroatoms. The Morgan fingerprint density at radius 2 is 1.81 bits per heavy atom. The van der Waals surface area contributed by atoms with E-state index in [1.165, 1.54) is 12.7 Å². The number of methoxy groups -OCH3 is 2. The SMILES string of the molecule is COCc1ccccc1CNc1cccc(C(=O)OC)c1. The van der Waals surface area contributed by atoms with Gasteiger partial charge in [-0.2, -0.15) is 0 Å². The number of ether oxygens (including phenoxy) is 2. The Bertz CT molecular complexity index is 610. The zero-order valence-electron chi connectivity index (χ0n) is 12.3. The van der Waals surface area contributed by atoms with Crippen LogP contribution in [0.4, 0.5) is 5.69 Å². The molecule has 0 spiro atoms. The van der Waals surface area contributed by atoms with Crippen LogP contribution >= 0.6 is 0 Å². The van der Waals surface area contributed by atoms with Crippen LogP contribution in [0.3, 0.4) is 0 Å². The minimum atomic E-state index is -0.335. The van der Waals surface area contributed by atoms with Crippen molar-refractivity contribution < 1.29 is 14.3 Å². The Morgan fingerprint density at radius 1 is 1.05 bits per heavy atom. The van der Waals surface area contributed by atoms with Gasteiger partial charge < -0.3 is 14.8 Å². The first-order chi connectivity index (χ1) is 10.2. The van der Waals surface area contributed by atoms with Crippen molar-refractivity contribution in [3.8, 4) is 0 Å². The molecule has 110 valence electrons. The molecule has 4 nitrogen and oxygen atoms in total. The number of carbonyl (C=O) groups excluding carboxylic acids is 1. The molecule has 0 aliphatic heterocycles. The molecule has 0 saturated carbocycles. The van der Waals surface area contributed by atoms with Crippen molar-refractivity contribution in [1.82, 2.24) is 0 Å². The quantitative estimate of drug-likeness (QED) is 0.828.